The van der Waals surface area contributed by atoms with Crippen LogP contribution in [0.5, 0.6) is 0 Å². The maximum absolute atomic E-state index is 13.8. The number of hydrogen-bond acceptors (Lipinski definition) is 2. The first kappa shape index (κ1) is 21.3. The summed E-state index contributed by atoms with van der Waals surface area (Å²) in [5, 5.41) is 4.29. The van der Waals surface area contributed by atoms with Gasteiger partial charge in [0.15, 0.2) is 0 Å². The molecule has 4 rings (SSSR count). The van der Waals surface area contributed by atoms with Gasteiger partial charge in [-0.2, -0.15) is 0 Å². The van der Waals surface area contributed by atoms with Gasteiger partial charge in [0.2, 0.25) is 5.91 Å². The van der Waals surface area contributed by atoms with Gasteiger partial charge in [-0.3, -0.25) is 9.78 Å². The molecule has 3 nitrogen and oxygen atoms in total. The Balaban J connectivity index is 1.33. The van der Waals surface area contributed by atoms with Crippen molar-refractivity contribution in [3.05, 3.63) is 41.8 Å². The molecule has 0 bridgehead atoms. The van der Waals surface area contributed by atoms with Crippen LogP contribution in [0.3, 0.4) is 0 Å². The summed E-state index contributed by atoms with van der Waals surface area (Å²) in [5.41, 5.74) is 2.07. The van der Waals surface area contributed by atoms with E-state index in [1.54, 1.807) is 12.1 Å². The molecule has 2 fully saturated rings. The van der Waals surface area contributed by atoms with Gasteiger partial charge in [-0.15, -0.1) is 0 Å². The Kier molecular flexibility index (Phi) is 6.70. The Morgan fingerprint density at radius 3 is 2.73 bits per heavy atom. The highest BCUT2D eigenvalue weighted by Gasteiger charge is 2.32. The number of rotatable bonds is 6. The number of nitrogens with one attached hydrogen (secondary N) is 1. The minimum atomic E-state index is -0.205. The second kappa shape index (κ2) is 9.45. The normalized spacial score (nSPS) is 27.8. The quantitative estimate of drug-likeness (QED) is 0.601. The molecule has 2 aliphatic carbocycles. The van der Waals surface area contributed by atoms with Crippen LogP contribution in [0.4, 0.5) is 4.39 Å². The summed E-state index contributed by atoms with van der Waals surface area (Å²) < 4.78 is 13.8. The van der Waals surface area contributed by atoms with Crippen LogP contribution in [0.2, 0.25) is 0 Å². The number of fused-ring (bicyclic) bond motifs is 1. The van der Waals surface area contributed by atoms with Crippen molar-refractivity contribution in [1.82, 2.24) is 10.3 Å². The van der Waals surface area contributed by atoms with Gasteiger partial charge < -0.3 is 5.32 Å². The fraction of sp³-hybridized carbons (Fsp3) is 0.615. The molecule has 3 atom stereocenters. The molecule has 2 saturated carbocycles. The van der Waals surface area contributed by atoms with Gasteiger partial charge in [0.05, 0.1) is 5.52 Å². The number of amides is 1. The van der Waals surface area contributed by atoms with E-state index in [2.05, 4.69) is 30.2 Å². The van der Waals surface area contributed by atoms with Crippen molar-refractivity contribution >= 4 is 16.8 Å². The van der Waals surface area contributed by atoms with Crippen LogP contribution in [-0.4, -0.2) is 16.9 Å². The second-order valence-electron chi connectivity index (χ2n) is 9.64. The summed E-state index contributed by atoms with van der Waals surface area (Å²) in [6.45, 7) is 4.35. The van der Waals surface area contributed by atoms with Crippen LogP contribution < -0.4 is 5.32 Å². The van der Waals surface area contributed by atoms with Crippen molar-refractivity contribution in [2.24, 2.45) is 17.8 Å². The van der Waals surface area contributed by atoms with Gasteiger partial charge >= 0.3 is 0 Å². The maximum Gasteiger partial charge on any atom is 0.223 e. The number of carbonyl (C=O) groups is 1. The molecular formula is C26H35FN2O. The van der Waals surface area contributed by atoms with Crippen molar-refractivity contribution in [3.63, 3.8) is 0 Å². The Bertz CT molecular complexity index is 874. The van der Waals surface area contributed by atoms with E-state index in [4.69, 9.17) is 0 Å². The zero-order valence-corrected chi connectivity index (χ0v) is 18.4. The van der Waals surface area contributed by atoms with Gasteiger partial charge in [0.25, 0.3) is 0 Å². The summed E-state index contributed by atoms with van der Waals surface area (Å²) in [7, 11) is 0. The molecule has 0 saturated heterocycles. The van der Waals surface area contributed by atoms with E-state index in [9.17, 15) is 9.18 Å². The zero-order chi connectivity index (χ0) is 21.1. The summed E-state index contributed by atoms with van der Waals surface area (Å²) in [6, 6.07) is 7.29. The molecule has 1 heterocycles. The number of pyridine rings is 1. The molecule has 1 N–H and O–H groups in total. The zero-order valence-electron chi connectivity index (χ0n) is 18.4. The fourth-order valence-electron chi connectivity index (χ4n) is 5.85. The highest BCUT2D eigenvalue weighted by atomic mass is 19.1. The predicted molar refractivity (Wildman–Crippen MR) is 120 cm³/mol. The summed E-state index contributed by atoms with van der Waals surface area (Å²) in [4.78, 5) is 17.3. The first-order valence-electron chi connectivity index (χ1n) is 11.9. The molecule has 0 aliphatic heterocycles. The molecule has 2 aromatic rings. The molecular weight excluding hydrogens is 375 g/mol. The van der Waals surface area contributed by atoms with Crippen molar-refractivity contribution in [2.45, 2.75) is 83.6 Å². The van der Waals surface area contributed by atoms with Crippen LogP contribution >= 0.6 is 0 Å². The van der Waals surface area contributed by atoms with Crippen LogP contribution in [0, 0.1) is 23.6 Å². The predicted octanol–water partition coefficient (Wildman–Crippen LogP) is 6.37. The number of carbonyl (C=O) groups excluding carboxylic acids is 1. The third-order valence-corrected chi connectivity index (χ3v) is 7.65. The van der Waals surface area contributed by atoms with Crippen molar-refractivity contribution in [1.29, 1.82) is 0 Å². The Morgan fingerprint density at radius 2 is 1.97 bits per heavy atom. The number of benzene rings is 1. The summed E-state index contributed by atoms with van der Waals surface area (Å²) >= 11 is 0. The van der Waals surface area contributed by atoms with Gasteiger partial charge in [-0.25, -0.2) is 4.39 Å². The summed E-state index contributed by atoms with van der Waals surface area (Å²) in [5.74, 6) is 1.78. The average molecular weight is 411 g/mol. The Hall–Kier alpha value is -1.97. The lowest BCUT2D eigenvalue weighted by atomic mass is 9.73. The second-order valence-corrected chi connectivity index (χ2v) is 9.64. The average Bonchev–Trinajstić information content (AvgIpc) is 3.20. The molecule has 0 radical (unpaired) electrons. The molecule has 2 aliphatic rings. The lowest BCUT2D eigenvalue weighted by Crippen LogP contribution is -2.39. The van der Waals surface area contributed by atoms with Crippen molar-refractivity contribution in [3.8, 4) is 0 Å². The van der Waals surface area contributed by atoms with E-state index in [-0.39, 0.29) is 17.6 Å². The maximum atomic E-state index is 13.8. The lowest BCUT2D eigenvalue weighted by molar-refractivity contribution is -0.127. The number of aromatic nitrogens is 1. The van der Waals surface area contributed by atoms with E-state index in [0.717, 1.165) is 55.3 Å². The minimum absolute atomic E-state index is 0.0720. The van der Waals surface area contributed by atoms with Gasteiger partial charge in [-0.05, 0) is 92.5 Å². The third-order valence-electron chi connectivity index (χ3n) is 7.65. The van der Waals surface area contributed by atoms with E-state index >= 15 is 0 Å². The van der Waals surface area contributed by atoms with Crippen molar-refractivity contribution in [2.75, 3.05) is 0 Å². The fourth-order valence-corrected chi connectivity index (χ4v) is 5.85. The van der Waals surface area contributed by atoms with Gasteiger partial charge in [-0.1, -0.05) is 26.7 Å². The van der Waals surface area contributed by atoms with Crippen LogP contribution in [0.15, 0.2) is 30.5 Å². The standard InChI is InChI=1S/C26H35FN2O/c1-3-4-18-5-11-22(15-18)29-26(30)17(2)19-6-8-20(9-7-19)23-13-14-28-25-12-10-21(27)16-24(23)25/h10,12-14,16-20,22H,3-9,11,15H2,1-2H3,(H,29,30)/t17-,18?,19?,20?,22?/m1/s1. The lowest BCUT2D eigenvalue weighted by Gasteiger charge is -2.33. The number of hydrogen-bond donors (Lipinski definition) is 1. The van der Waals surface area contributed by atoms with E-state index in [1.807, 2.05) is 6.20 Å². The smallest absolute Gasteiger partial charge is 0.223 e. The first-order chi connectivity index (χ1) is 14.5. The van der Waals surface area contributed by atoms with E-state index in [1.165, 1.54) is 30.9 Å². The molecule has 4 heteroatoms. The summed E-state index contributed by atoms with van der Waals surface area (Å²) in [6.07, 6.45) is 12.2. The molecule has 1 aromatic heterocycles. The van der Waals surface area contributed by atoms with E-state index < -0.39 is 0 Å². The monoisotopic (exact) mass is 410 g/mol. The molecule has 30 heavy (non-hydrogen) atoms. The highest BCUT2D eigenvalue weighted by Crippen LogP contribution is 2.41. The minimum Gasteiger partial charge on any atom is -0.353 e. The van der Waals surface area contributed by atoms with Crippen LogP contribution in [0.25, 0.3) is 10.9 Å². The molecule has 2 unspecified atom stereocenters. The number of nitrogens with zero attached hydrogens (tertiary/aromatic N) is 1. The molecule has 1 amide bonds. The van der Waals surface area contributed by atoms with Gasteiger partial charge in [0, 0.05) is 23.5 Å². The SMILES string of the molecule is CCCC1CCC(NC(=O)[C@H](C)C2CCC(c3ccnc4ccc(F)cc34)CC2)C1. The molecule has 1 aromatic carbocycles. The van der Waals surface area contributed by atoms with Crippen LogP contribution in [-0.2, 0) is 4.79 Å². The first-order valence-corrected chi connectivity index (χ1v) is 11.9. The topological polar surface area (TPSA) is 42.0 Å². The highest BCUT2D eigenvalue weighted by molar-refractivity contribution is 5.82. The largest absolute Gasteiger partial charge is 0.353 e. The van der Waals surface area contributed by atoms with E-state index in [0.29, 0.717) is 17.9 Å². The van der Waals surface area contributed by atoms with Gasteiger partial charge in [0.1, 0.15) is 5.82 Å². The molecule has 0 spiro atoms. The molecule has 162 valence electrons. The van der Waals surface area contributed by atoms with Crippen LogP contribution in [0.1, 0.15) is 83.1 Å². The third kappa shape index (κ3) is 4.68. The Labute approximate surface area is 179 Å². The van der Waals surface area contributed by atoms with Crippen molar-refractivity contribution < 1.29 is 9.18 Å². The number of halogens is 1. The Morgan fingerprint density at radius 1 is 1.17 bits per heavy atom.